The van der Waals surface area contributed by atoms with Crippen molar-refractivity contribution in [1.29, 1.82) is 0 Å². The van der Waals surface area contributed by atoms with Crippen LogP contribution < -0.4 is 11.3 Å². The third-order valence-corrected chi connectivity index (χ3v) is 5.44. The fourth-order valence-electron chi connectivity index (χ4n) is 4.39. The molecule has 0 radical (unpaired) electrons. The highest BCUT2D eigenvalue weighted by molar-refractivity contribution is 5.89. The number of nitrogens with zero attached hydrogens (tertiary/aromatic N) is 1. The van der Waals surface area contributed by atoms with Gasteiger partial charge in [-0.25, -0.2) is 5.84 Å². The summed E-state index contributed by atoms with van der Waals surface area (Å²) in [5.74, 6) is 8.83. The van der Waals surface area contributed by atoms with E-state index in [1.165, 1.54) is 44.1 Å². The van der Waals surface area contributed by atoms with Gasteiger partial charge >= 0.3 is 0 Å². The summed E-state index contributed by atoms with van der Waals surface area (Å²) in [5.41, 5.74) is 6.01. The summed E-state index contributed by atoms with van der Waals surface area (Å²) < 4.78 is 0. The molecule has 3 unspecified atom stereocenters. The molecule has 3 aliphatic carbocycles. The largest absolute Gasteiger partial charge is 0.312 e. The molecule has 3 heteroatoms. The number of fused-ring (bicyclic) bond motifs is 3. The smallest absolute Gasteiger partial charge is 0.115 e. The molecule has 20 heavy (non-hydrogen) atoms. The number of hydrogen-bond donors (Lipinski definition) is 2. The van der Waals surface area contributed by atoms with Crippen LogP contribution in [0.2, 0.25) is 0 Å². The van der Waals surface area contributed by atoms with E-state index in [1.807, 2.05) is 0 Å². The van der Waals surface area contributed by atoms with Crippen LogP contribution in [-0.4, -0.2) is 11.9 Å². The van der Waals surface area contributed by atoms with E-state index >= 15 is 0 Å². The lowest BCUT2D eigenvalue weighted by Gasteiger charge is -2.13. The summed E-state index contributed by atoms with van der Waals surface area (Å²) in [5, 5.41) is 0. The molecule has 0 amide bonds. The van der Waals surface area contributed by atoms with Crippen LogP contribution >= 0.6 is 0 Å². The molecule has 4 rings (SSSR count). The Morgan fingerprint density at radius 2 is 1.95 bits per heavy atom. The van der Waals surface area contributed by atoms with Gasteiger partial charge in [0.05, 0.1) is 6.04 Å². The maximum absolute atomic E-state index is 5.79. The van der Waals surface area contributed by atoms with Crippen LogP contribution in [0.4, 0.5) is 0 Å². The van der Waals surface area contributed by atoms with E-state index in [-0.39, 0.29) is 0 Å². The second kappa shape index (κ2) is 4.88. The highest BCUT2D eigenvalue weighted by atomic mass is 15.3. The van der Waals surface area contributed by atoms with Gasteiger partial charge in [0.25, 0.3) is 0 Å². The van der Waals surface area contributed by atoms with Crippen LogP contribution in [0.25, 0.3) is 0 Å². The van der Waals surface area contributed by atoms with Crippen LogP contribution in [0.3, 0.4) is 0 Å². The van der Waals surface area contributed by atoms with Crippen molar-refractivity contribution in [3.05, 3.63) is 35.4 Å². The molecule has 1 aromatic carbocycles. The molecule has 0 aromatic heterocycles. The summed E-state index contributed by atoms with van der Waals surface area (Å²) in [4.78, 5) is 4.93. The zero-order valence-electron chi connectivity index (χ0n) is 11.9. The standard InChI is InChI=1S/C17H23N3/c18-20-17(19-12-6-2-3-7-12)16-14-10-9-11-5-1-4-8-13(11)15(14)16/h1,4-5,8,12,14-16H,2-3,6-7,9-10,18H2,(H,19,20). The summed E-state index contributed by atoms with van der Waals surface area (Å²) in [6.45, 7) is 0. The van der Waals surface area contributed by atoms with Gasteiger partial charge in [-0.3, -0.25) is 4.99 Å². The van der Waals surface area contributed by atoms with Crippen molar-refractivity contribution in [2.24, 2.45) is 22.7 Å². The fraction of sp³-hybridized carbons (Fsp3) is 0.588. The zero-order valence-corrected chi connectivity index (χ0v) is 11.9. The number of benzene rings is 1. The summed E-state index contributed by atoms with van der Waals surface area (Å²) in [7, 11) is 0. The summed E-state index contributed by atoms with van der Waals surface area (Å²) >= 11 is 0. The first-order valence-electron chi connectivity index (χ1n) is 8.00. The third kappa shape index (κ3) is 1.96. The van der Waals surface area contributed by atoms with Crippen LogP contribution in [0.1, 0.15) is 49.1 Å². The molecular weight excluding hydrogens is 246 g/mol. The molecular formula is C17H23N3. The van der Waals surface area contributed by atoms with E-state index in [0.717, 1.165) is 11.8 Å². The van der Waals surface area contributed by atoms with Crippen LogP contribution in [0.15, 0.2) is 29.3 Å². The Kier molecular flexibility index (Phi) is 3.03. The maximum Gasteiger partial charge on any atom is 0.115 e. The van der Waals surface area contributed by atoms with Gasteiger partial charge in [0.1, 0.15) is 5.84 Å². The normalized spacial score (nSPS) is 32.6. The van der Waals surface area contributed by atoms with Crippen LogP contribution in [-0.2, 0) is 6.42 Å². The van der Waals surface area contributed by atoms with Crippen molar-refractivity contribution >= 4 is 5.84 Å². The SMILES string of the molecule is NNC(=NC1CCCC1)C1C2CCc3ccccc3C21. The van der Waals surface area contributed by atoms with E-state index in [4.69, 9.17) is 10.8 Å². The van der Waals surface area contributed by atoms with Crippen molar-refractivity contribution < 1.29 is 0 Å². The van der Waals surface area contributed by atoms with Crippen molar-refractivity contribution in [3.63, 3.8) is 0 Å². The number of amidine groups is 1. The first kappa shape index (κ1) is 12.4. The predicted molar refractivity (Wildman–Crippen MR) is 81.5 cm³/mol. The first-order chi connectivity index (χ1) is 9.88. The van der Waals surface area contributed by atoms with Crippen LogP contribution in [0.5, 0.6) is 0 Å². The Bertz CT molecular complexity index is 531. The molecule has 106 valence electrons. The van der Waals surface area contributed by atoms with E-state index < -0.39 is 0 Å². The Labute approximate surface area is 120 Å². The van der Waals surface area contributed by atoms with Gasteiger partial charge in [0.2, 0.25) is 0 Å². The molecule has 3 aliphatic rings. The van der Waals surface area contributed by atoms with Crippen molar-refractivity contribution in [2.75, 3.05) is 0 Å². The van der Waals surface area contributed by atoms with Gasteiger partial charge in [0.15, 0.2) is 0 Å². The van der Waals surface area contributed by atoms with E-state index in [9.17, 15) is 0 Å². The predicted octanol–water partition coefficient (Wildman–Crippen LogP) is 2.77. The maximum atomic E-state index is 5.79. The van der Waals surface area contributed by atoms with Crippen LogP contribution in [0, 0.1) is 11.8 Å². The highest BCUT2D eigenvalue weighted by Gasteiger charge is 2.55. The lowest BCUT2D eigenvalue weighted by Crippen LogP contribution is -2.33. The van der Waals surface area contributed by atoms with Gasteiger partial charge in [-0.1, -0.05) is 37.1 Å². The van der Waals surface area contributed by atoms with E-state index in [1.54, 1.807) is 5.56 Å². The quantitative estimate of drug-likeness (QED) is 0.375. The van der Waals surface area contributed by atoms with Crippen molar-refractivity contribution in [3.8, 4) is 0 Å². The number of aliphatic imine (C=N–C) groups is 1. The van der Waals surface area contributed by atoms with E-state index in [0.29, 0.717) is 17.9 Å². The molecule has 0 bridgehead atoms. The number of hydrazine groups is 1. The zero-order chi connectivity index (χ0) is 13.5. The minimum atomic E-state index is 0.513. The Morgan fingerprint density at radius 1 is 1.15 bits per heavy atom. The van der Waals surface area contributed by atoms with Crippen molar-refractivity contribution in [1.82, 2.24) is 5.43 Å². The van der Waals surface area contributed by atoms with Gasteiger partial charge in [-0.2, -0.15) is 0 Å². The summed E-state index contributed by atoms with van der Waals surface area (Å²) in [6.07, 6.45) is 7.64. The minimum Gasteiger partial charge on any atom is -0.312 e. The molecule has 1 aromatic rings. The molecule has 0 saturated heterocycles. The van der Waals surface area contributed by atoms with Gasteiger partial charge in [0, 0.05) is 5.92 Å². The van der Waals surface area contributed by atoms with Gasteiger partial charge < -0.3 is 5.43 Å². The number of hydrogen-bond acceptors (Lipinski definition) is 2. The molecule has 0 heterocycles. The minimum absolute atomic E-state index is 0.513. The molecule has 3 N–H and O–H groups in total. The van der Waals surface area contributed by atoms with E-state index in [2.05, 4.69) is 29.7 Å². The number of nitrogens with two attached hydrogens (primary N) is 1. The lowest BCUT2D eigenvalue weighted by molar-refractivity contribution is 0.651. The average molecular weight is 269 g/mol. The average Bonchev–Trinajstić information content (AvgIpc) is 3.00. The van der Waals surface area contributed by atoms with Gasteiger partial charge in [-0.05, 0) is 48.6 Å². The molecule has 3 nitrogen and oxygen atoms in total. The molecule has 0 aliphatic heterocycles. The molecule has 2 fully saturated rings. The highest BCUT2D eigenvalue weighted by Crippen LogP contribution is 2.60. The third-order valence-electron chi connectivity index (χ3n) is 5.44. The second-order valence-corrected chi connectivity index (χ2v) is 6.55. The molecule has 2 saturated carbocycles. The Balaban J connectivity index is 1.59. The number of aryl methyl sites for hydroxylation is 1. The monoisotopic (exact) mass is 269 g/mol. The second-order valence-electron chi connectivity index (χ2n) is 6.55. The van der Waals surface area contributed by atoms with Gasteiger partial charge in [-0.15, -0.1) is 0 Å². The Morgan fingerprint density at radius 3 is 2.75 bits per heavy atom. The number of rotatable bonds is 2. The fourth-order valence-corrected chi connectivity index (χ4v) is 4.39. The topological polar surface area (TPSA) is 50.4 Å². The number of nitrogens with one attached hydrogen (secondary N) is 1. The summed E-state index contributed by atoms with van der Waals surface area (Å²) in [6, 6.07) is 9.42. The first-order valence-corrected chi connectivity index (χ1v) is 8.00. The lowest BCUT2D eigenvalue weighted by atomic mass is 9.92. The molecule has 3 atom stereocenters. The Hall–Kier alpha value is -1.35. The molecule has 0 spiro atoms. The van der Waals surface area contributed by atoms with Crippen molar-refractivity contribution in [2.45, 2.75) is 50.5 Å².